The molecular formula is C25H13ClN2O2. The number of oxazole rings is 1. The maximum absolute atomic E-state index is 6.54. The topological polar surface area (TPSA) is 44.1 Å². The molecule has 0 N–H and O–H groups in total. The smallest absolute Gasteiger partial charge is 0.307 e. The van der Waals surface area contributed by atoms with Crippen LogP contribution < -0.4 is 0 Å². The molecule has 0 bridgehead atoms. The summed E-state index contributed by atoms with van der Waals surface area (Å²) in [4.78, 5) is 4.92. The number of rotatable bonds is 1. The Hall–Kier alpha value is -3.76. The van der Waals surface area contributed by atoms with Crippen LogP contribution in [-0.2, 0) is 0 Å². The molecule has 0 saturated carbocycles. The summed E-state index contributed by atoms with van der Waals surface area (Å²) >= 11 is 6.54. The van der Waals surface area contributed by atoms with E-state index in [1.54, 1.807) is 6.07 Å². The monoisotopic (exact) mass is 408 g/mol. The van der Waals surface area contributed by atoms with Gasteiger partial charge < -0.3 is 8.83 Å². The minimum Gasteiger partial charge on any atom is -0.454 e. The van der Waals surface area contributed by atoms with E-state index in [9.17, 15) is 0 Å². The van der Waals surface area contributed by atoms with Crippen molar-refractivity contribution in [1.29, 1.82) is 0 Å². The van der Waals surface area contributed by atoms with Crippen LogP contribution in [0, 0.1) is 0 Å². The highest BCUT2D eigenvalue weighted by Gasteiger charge is 2.21. The zero-order valence-corrected chi connectivity index (χ0v) is 16.4. The van der Waals surface area contributed by atoms with Crippen LogP contribution in [0.5, 0.6) is 0 Å². The van der Waals surface area contributed by atoms with Gasteiger partial charge in [0.2, 0.25) is 0 Å². The second-order valence-corrected chi connectivity index (χ2v) is 7.78. The van der Waals surface area contributed by atoms with Crippen molar-refractivity contribution in [3.63, 3.8) is 0 Å². The minimum absolute atomic E-state index is 0.510. The molecular weight excluding hydrogens is 396 g/mol. The van der Waals surface area contributed by atoms with E-state index >= 15 is 0 Å². The van der Waals surface area contributed by atoms with Gasteiger partial charge in [0.05, 0.1) is 21.4 Å². The van der Waals surface area contributed by atoms with Crippen LogP contribution in [0.2, 0.25) is 5.02 Å². The Labute approximate surface area is 174 Å². The van der Waals surface area contributed by atoms with Crippen LogP contribution in [0.1, 0.15) is 0 Å². The molecule has 4 aromatic carbocycles. The van der Waals surface area contributed by atoms with E-state index in [1.807, 2.05) is 48.5 Å². The highest BCUT2D eigenvalue weighted by molar-refractivity contribution is 6.38. The molecule has 0 saturated heterocycles. The van der Waals surface area contributed by atoms with Crippen LogP contribution in [0.4, 0.5) is 0 Å². The quantitative estimate of drug-likeness (QED) is 0.283. The summed E-state index contributed by atoms with van der Waals surface area (Å²) in [6.07, 6.45) is 0. The maximum Gasteiger partial charge on any atom is 0.307 e. The predicted octanol–water partition coefficient (Wildman–Crippen LogP) is 7.48. The average Bonchev–Trinajstić information content (AvgIpc) is 3.45. The van der Waals surface area contributed by atoms with Gasteiger partial charge in [0.25, 0.3) is 0 Å². The first-order valence-corrected chi connectivity index (χ1v) is 10.1. The highest BCUT2D eigenvalue weighted by atomic mass is 35.5. The SMILES string of the molecule is Clc1cc2oc(-n3c4ccccc4c4ccccc43)nc2c2c1oc1ccccc12. The summed E-state index contributed by atoms with van der Waals surface area (Å²) in [5.41, 5.74) is 4.89. The van der Waals surface area contributed by atoms with E-state index < -0.39 is 0 Å². The lowest BCUT2D eigenvalue weighted by Gasteiger charge is -2.00. The van der Waals surface area contributed by atoms with Crippen molar-refractivity contribution in [2.24, 2.45) is 0 Å². The predicted molar refractivity (Wildman–Crippen MR) is 121 cm³/mol. The van der Waals surface area contributed by atoms with E-state index in [0.717, 1.165) is 43.7 Å². The molecule has 142 valence electrons. The zero-order valence-electron chi connectivity index (χ0n) is 15.6. The number of para-hydroxylation sites is 3. The Morgan fingerprint density at radius 3 is 2.07 bits per heavy atom. The summed E-state index contributed by atoms with van der Waals surface area (Å²) < 4.78 is 14.3. The zero-order chi connectivity index (χ0) is 19.8. The van der Waals surface area contributed by atoms with Crippen molar-refractivity contribution < 1.29 is 8.83 Å². The Kier molecular flexibility index (Phi) is 3.03. The largest absolute Gasteiger partial charge is 0.454 e. The highest BCUT2D eigenvalue weighted by Crippen LogP contribution is 2.40. The van der Waals surface area contributed by atoms with Gasteiger partial charge in [-0.2, -0.15) is 4.98 Å². The summed E-state index contributed by atoms with van der Waals surface area (Å²) in [5.74, 6) is 0. The molecule has 0 amide bonds. The van der Waals surface area contributed by atoms with E-state index in [1.165, 1.54) is 0 Å². The van der Waals surface area contributed by atoms with Gasteiger partial charge in [-0.25, -0.2) is 0 Å². The molecule has 0 unspecified atom stereocenters. The Morgan fingerprint density at radius 2 is 1.33 bits per heavy atom. The number of benzene rings is 4. The van der Waals surface area contributed by atoms with Crippen LogP contribution in [0.15, 0.2) is 87.7 Å². The van der Waals surface area contributed by atoms with E-state index in [2.05, 4.69) is 28.8 Å². The van der Waals surface area contributed by atoms with Crippen molar-refractivity contribution in [2.45, 2.75) is 0 Å². The summed E-state index contributed by atoms with van der Waals surface area (Å²) in [5, 5.41) is 4.68. The first kappa shape index (κ1) is 16.1. The van der Waals surface area contributed by atoms with Crippen LogP contribution in [0.25, 0.3) is 60.9 Å². The normalized spacial score (nSPS) is 12.2. The summed E-state index contributed by atoms with van der Waals surface area (Å²) in [6.45, 7) is 0. The van der Waals surface area contributed by atoms with Crippen molar-refractivity contribution in [1.82, 2.24) is 9.55 Å². The molecule has 0 radical (unpaired) electrons. The summed E-state index contributed by atoms with van der Waals surface area (Å²) in [7, 11) is 0. The third-order valence-electron chi connectivity index (χ3n) is 5.72. The van der Waals surface area contributed by atoms with Gasteiger partial charge in [0.1, 0.15) is 11.1 Å². The number of nitrogens with zero attached hydrogens (tertiary/aromatic N) is 2. The van der Waals surface area contributed by atoms with Crippen LogP contribution in [-0.4, -0.2) is 9.55 Å². The molecule has 0 fully saturated rings. The third kappa shape index (κ3) is 1.98. The fourth-order valence-corrected chi connectivity index (χ4v) is 4.68. The van der Waals surface area contributed by atoms with Crippen molar-refractivity contribution in [3.8, 4) is 6.01 Å². The molecule has 0 aliphatic carbocycles. The number of aromatic nitrogens is 2. The second-order valence-electron chi connectivity index (χ2n) is 7.37. The van der Waals surface area contributed by atoms with Gasteiger partial charge >= 0.3 is 6.01 Å². The number of hydrogen-bond acceptors (Lipinski definition) is 3. The van der Waals surface area contributed by atoms with E-state index in [4.69, 9.17) is 25.4 Å². The molecule has 4 nitrogen and oxygen atoms in total. The Morgan fingerprint density at radius 1 is 0.700 bits per heavy atom. The number of fused-ring (bicyclic) bond motifs is 8. The van der Waals surface area contributed by atoms with Gasteiger partial charge in [-0.1, -0.05) is 66.2 Å². The third-order valence-corrected chi connectivity index (χ3v) is 6.00. The fourth-order valence-electron chi connectivity index (χ4n) is 4.45. The van der Waals surface area contributed by atoms with Gasteiger partial charge in [0, 0.05) is 22.2 Å². The molecule has 5 heteroatoms. The first-order valence-electron chi connectivity index (χ1n) is 9.68. The standard InChI is InChI=1S/C25H13ClN2O2/c26-17-13-21-23(22-16-9-3-6-12-20(16)29-24(17)22)27-25(30-21)28-18-10-4-1-7-14(18)15-8-2-5-11-19(15)28/h1-13H. The van der Waals surface area contributed by atoms with Crippen LogP contribution >= 0.6 is 11.6 Å². The molecule has 3 aromatic heterocycles. The van der Waals surface area contributed by atoms with Gasteiger partial charge in [0.15, 0.2) is 11.2 Å². The molecule has 0 aliphatic heterocycles. The molecule has 7 aromatic rings. The molecule has 7 rings (SSSR count). The molecule has 30 heavy (non-hydrogen) atoms. The fraction of sp³-hybridized carbons (Fsp3) is 0. The second kappa shape index (κ2) is 5.65. The van der Waals surface area contributed by atoms with Crippen LogP contribution in [0.3, 0.4) is 0 Å². The van der Waals surface area contributed by atoms with E-state index in [0.29, 0.717) is 22.2 Å². The van der Waals surface area contributed by atoms with Crippen molar-refractivity contribution in [3.05, 3.63) is 83.9 Å². The lowest BCUT2D eigenvalue weighted by molar-refractivity contribution is 0.574. The van der Waals surface area contributed by atoms with Gasteiger partial charge in [-0.15, -0.1) is 0 Å². The Bertz CT molecular complexity index is 1720. The van der Waals surface area contributed by atoms with Gasteiger partial charge in [-0.3, -0.25) is 4.57 Å². The molecule has 0 aliphatic rings. The van der Waals surface area contributed by atoms with Gasteiger partial charge in [-0.05, 0) is 18.2 Å². The maximum atomic E-state index is 6.54. The molecule has 3 heterocycles. The summed E-state index contributed by atoms with van der Waals surface area (Å²) in [6, 6.07) is 26.7. The Balaban J connectivity index is 1.65. The first-order chi connectivity index (χ1) is 14.8. The van der Waals surface area contributed by atoms with Crippen molar-refractivity contribution in [2.75, 3.05) is 0 Å². The van der Waals surface area contributed by atoms with E-state index in [-0.39, 0.29) is 0 Å². The van der Waals surface area contributed by atoms with Crippen molar-refractivity contribution >= 4 is 66.4 Å². The lowest BCUT2D eigenvalue weighted by atomic mass is 10.1. The molecule has 0 spiro atoms. The number of hydrogen-bond donors (Lipinski definition) is 0. The lowest BCUT2D eigenvalue weighted by Crippen LogP contribution is -1.93. The number of halogens is 1. The minimum atomic E-state index is 0.510. The molecule has 0 atom stereocenters. The number of furan rings is 1. The average molecular weight is 409 g/mol.